The molecule has 0 aromatic heterocycles. The van der Waals surface area contributed by atoms with E-state index in [-0.39, 0.29) is 11.4 Å². The summed E-state index contributed by atoms with van der Waals surface area (Å²) in [6.07, 6.45) is -5.01. The Hall–Kier alpha value is -3.04. The first-order valence-electron chi connectivity index (χ1n) is 7.85. The lowest BCUT2D eigenvalue weighted by Gasteiger charge is -2.27. The van der Waals surface area contributed by atoms with Crippen molar-refractivity contribution in [1.29, 1.82) is 0 Å². The number of anilines is 1. The maximum atomic E-state index is 14.2. The zero-order valence-electron chi connectivity index (χ0n) is 15.1. The average Bonchev–Trinajstić information content (AvgIpc) is 2.62. The number of rotatable bonds is 6. The molecule has 0 saturated heterocycles. The number of methoxy groups -OCH3 is 1. The molecule has 0 aliphatic carbocycles. The highest BCUT2D eigenvalue weighted by Gasteiger charge is 2.61. The van der Waals surface area contributed by atoms with Crippen LogP contribution >= 0.6 is 0 Å². The first-order chi connectivity index (χ1) is 13.0. The van der Waals surface area contributed by atoms with Crippen LogP contribution in [0.15, 0.2) is 42.5 Å². The summed E-state index contributed by atoms with van der Waals surface area (Å²) in [5.74, 6) is -6.91. The van der Waals surface area contributed by atoms with E-state index in [1.54, 1.807) is 0 Å². The molecule has 2 amide bonds. The van der Waals surface area contributed by atoms with Gasteiger partial charge in [-0.1, -0.05) is 12.1 Å². The van der Waals surface area contributed by atoms with Crippen LogP contribution in [0.4, 0.5) is 32.4 Å². The lowest BCUT2D eigenvalue weighted by Crippen LogP contribution is -2.43. The van der Waals surface area contributed by atoms with Gasteiger partial charge >= 0.3 is 18.1 Å². The van der Waals surface area contributed by atoms with Crippen LogP contribution < -0.4 is 14.8 Å². The first kappa shape index (κ1) is 21.3. The van der Waals surface area contributed by atoms with Gasteiger partial charge in [0, 0.05) is 31.4 Å². The molecule has 0 radical (unpaired) electrons. The Balaban J connectivity index is 2.31. The summed E-state index contributed by atoms with van der Waals surface area (Å²) in [5.41, 5.74) is -1.07. The minimum absolute atomic E-state index is 0.170. The third-order valence-electron chi connectivity index (χ3n) is 3.61. The zero-order valence-corrected chi connectivity index (χ0v) is 15.1. The molecule has 0 aliphatic rings. The summed E-state index contributed by atoms with van der Waals surface area (Å²) in [6, 6.07) is 5.45. The number of alkyl halides is 4. The van der Waals surface area contributed by atoms with Crippen LogP contribution in [0.3, 0.4) is 0 Å². The highest BCUT2D eigenvalue weighted by Crippen LogP contribution is 2.46. The summed E-state index contributed by atoms with van der Waals surface area (Å²) >= 11 is 0. The number of ether oxygens (including phenoxy) is 2. The third-order valence-corrected chi connectivity index (χ3v) is 3.61. The van der Waals surface area contributed by atoms with Crippen LogP contribution in [-0.2, 0) is 5.92 Å². The van der Waals surface area contributed by atoms with E-state index in [2.05, 4.69) is 10.1 Å². The van der Waals surface area contributed by atoms with Crippen molar-refractivity contribution >= 4 is 11.7 Å². The molecule has 5 nitrogen and oxygen atoms in total. The normalized spacial score (nSPS) is 11.7. The van der Waals surface area contributed by atoms with Gasteiger partial charge in [0.15, 0.2) is 11.5 Å². The predicted molar refractivity (Wildman–Crippen MR) is 91.6 cm³/mol. The molecular weight excluding hydrogens is 387 g/mol. The van der Waals surface area contributed by atoms with E-state index in [1.165, 1.54) is 25.1 Å². The summed E-state index contributed by atoms with van der Waals surface area (Å²) in [6.45, 7) is 0. The van der Waals surface area contributed by atoms with Gasteiger partial charge in [0.2, 0.25) is 0 Å². The van der Waals surface area contributed by atoms with E-state index in [0.29, 0.717) is 12.1 Å². The predicted octanol–water partition coefficient (Wildman–Crippen LogP) is 4.69. The molecule has 152 valence electrons. The number of urea groups is 1. The van der Waals surface area contributed by atoms with Crippen LogP contribution in [0.1, 0.15) is 5.56 Å². The van der Waals surface area contributed by atoms with Crippen molar-refractivity contribution in [2.75, 3.05) is 26.5 Å². The standard InChI is InChI=1S/C18H17F5N2O3/c1-25(2)16(26)24-13-7-8-14(15(10-13)27-3)28-18(22,23)17(20,21)11-5-4-6-12(19)9-11/h4-10H,1-3H3,(H,24,26). The Kier molecular flexibility index (Phi) is 6.01. The number of benzene rings is 2. The third kappa shape index (κ3) is 4.44. The van der Waals surface area contributed by atoms with Gasteiger partial charge in [-0.3, -0.25) is 0 Å². The molecule has 0 heterocycles. The Morgan fingerprint density at radius 3 is 2.29 bits per heavy atom. The van der Waals surface area contributed by atoms with Gasteiger partial charge in [0.25, 0.3) is 0 Å². The molecule has 2 aromatic rings. The van der Waals surface area contributed by atoms with Crippen LogP contribution in [0, 0.1) is 5.82 Å². The lowest BCUT2D eigenvalue weighted by atomic mass is 10.1. The number of halogens is 5. The molecule has 0 aliphatic heterocycles. The minimum Gasteiger partial charge on any atom is -0.493 e. The second kappa shape index (κ2) is 7.91. The van der Waals surface area contributed by atoms with Gasteiger partial charge in [0.1, 0.15) is 5.82 Å². The Labute approximate surface area is 157 Å². The average molecular weight is 404 g/mol. The van der Waals surface area contributed by atoms with Gasteiger partial charge in [-0.05, 0) is 24.3 Å². The van der Waals surface area contributed by atoms with Crippen molar-refractivity contribution in [3.63, 3.8) is 0 Å². The van der Waals surface area contributed by atoms with E-state index in [0.717, 1.165) is 31.4 Å². The second-order valence-corrected chi connectivity index (χ2v) is 5.89. The molecule has 0 spiro atoms. The van der Waals surface area contributed by atoms with Crippen molar-refractivity contribution in [3.8, 4) is 11.5 Å². The molecule has 2 aromatic carbocycles. The number of nitrogens with zero attached hydrogens (tertiary/aromatic N) is 1. The zero-order chi connectivity index (χ0) is 21.1. The molecule has 0 bridgehead atoms. The monoisotopic (exact) mass is 404 g/mol. The van der Waals surface area contributed by atoms with Crippen molar-refractivity contribution in [3.05, 3.63) is 53.8 Å². The van der Waals surface area contributed by atoms with Crippen LogP contribution in [-0.4, -0.2) is 38.2 Å². The molecule has 0 atom stereocenters. The van der Waals surface area contributed by atoms with Gasteiger partial charge in [-0.2, -0.15) is 17.6 Å². The van der Waals surface area contributed by atoms with E-state index in [4.69, 9.17) is 4.74 Å². The van der Waals surface area contributed by atoms with Crippen LogP contribution in [0.5, 0.6) is 11.5 Å². The maximum Gasteiger partial charge on any atom is 0.469 e. The molecule has 2 rings (SSSR count). The molecule has 28 heavy (non-hydrogen) atoms. The molecule has 10 heteroatoms. The second-order valence-electron chi connectivity index (χ2n) is 5.89. The topological polar surface area (TPSA) is 50.8 Å². The lowest BCUT2D eigenvalue weighted by molar-refractivity contribution is -0.316. The minimum atomic E-state index is -5.01. The van der Waals surface area contributed by atoms with E-state index >= 15 is 0 Å². The molecule has 0 saturated carbocycles. The molecule has 0 fully saturated rings. The van der Waals surface area contributed by atoms with Crippen LogP contribution in [0.2, 0.25) is 0 Å². The highest BCUT2D eigenvalue weighted by molar-refractivity contribution is 5.89. The van der Waals surface area contributed by atoms with Crippen molar-refractivity contribution in [2.24, 2.45) is 0 Å². The number of hydrogen-bond donors (Lipinski definition) is 1. The molecule has 0 unspecified atom stereocenters. The fourth-order valence-electron chi connectivity index (χ4n) is 2.12. The van der Waals surface area contributed by atoms with Crippen molar-refractivity contribution in [1.82, 2.24) is 4.90 Å². The Morgan fingerprint density at radius 1 is 1.04 bits per heavy atom. The Bertz CT molecular complexity index is 859. The molecular formula is C18H17F5N2O3. The maximum absolute atomic E-state index is 14.2. The largest absolute Gasteiger partial charge is 0.493 e. The van der Waals surface area contributed by atoms with Gasteiger partial charge in [0.05, 0.1) is 7.11 Å². The number of carbonyl (C=O) groups is 1. The van der Waals surface area contributed by atoms with Gasteiger partial charge in [-0.25, -0.2) is 9.18 Å². The number of carbonyl (C=O) groups excluding carboxylic acids is 1. The summed E-state index contributed by atoms with van der Waals surface area (Å²) in [5, 5.41) is 2.44. The number of hydrogen-bond acceptors (Lipinski definition) is 3. The van der Waals surface area contributed by atoms with Crippen molar-refractivity contribution in [2.45, 2.75) is 12.0 Å². The first-order valence-corrected chi connectivity index (χ1v) is 7.85. The SMILES string of the molecule is COc1cc(NC(=O)N(C)C)ccc1OC(F)(F)C(F)(F)c1cccc(F)c1. The van der Waals surface area contributed by atoms with Gasteiger partial charge in [-0.15, -0.1) is 0 Å². The van der Waals surface area contributed by atoms with E-state index < -0.39 is 35.2 Å². The molecule has 1 N–H and O–H groups in total. The van der Waals surface area contributed by atoms with Crippen molar-refractivity contribution < 1.29 is 36.2 Å². The Morgan fingerprint density at radius 2 is 1.71 bits per heavy atom. The number of amides is 2. The summed E-state index contributed by atoms with van der Waals surface area (Å²) < 4.78 is 79.2. The fraction of sp³-hybridized carbons (Fsp3) is 0.278. The quantitative estimate of drug-likeness (QED) is 0.711. The summed E-state index contributed by atoms with van der Waals surface area (Å²) in [4.78, 5) is 12.9. The summed E-state index contributed by atoms with van der Waals surface area (Å²) in [7, 11) is 4.08. The fourth-order valence-corrected chi connectivity index (χ4v) is 2.12. The highest BCUT2D eigenvalue weighted by atomic mass is 19.3. The smallest absolute Gasteiger partial charge is 0.469 e. The van der Waals surface area contributed by atoms with Crippen LogP contribution in [0.25, 0.3) is 0 Å². The number of nitrogens with one attached hydrogen (secondary N) is 1. The van der Waals surface area contributed by atoms with E-state index in [9.17, 15) is 26.7 Å². The van der Waals surface area contributed by atoms with Gasteiger partial charge < -0.3 is 19.7 Å². The van der Waals surface area contributed by atoms with E-state index in [1.807, 2.05) is 0 Å².